The Morgan fingerprint density at radius 2 is 1.94 bits per heavy atom. The van der Waals surface area contributed by atoms with Gasteiger partial charge in [0.1, 0.15) is 18.9 Å². The number of benzene rings is 1. The van der Waals surface area contributed by atoms with Crippen LogP contribution in [0, 0.1) is 12.8 Å². The minimum Gasteiger partial charge on any atom is -0.491 e. The number of thiophene rings is 2. The van der Waals surface area contributed by atoms with Gasteiger partial charge in [0.25, 0.3) is 5.91 Å². The second-order valence-corrected chi connectivity index (χ2v) is 10.7. The third-order valence-electron chi connectivity index (χ3n) is 5.84. The van der Waals surface area contributed by atoms with Crippen molar-refractivity contribution in [1.29, 1.82) is 0 Å². The van der Waals surface area contributed by atoms with Crippen LogP contribution in [0.5, 0.6) is 5.75 Å². The molecule has 4 rings (SSSR count). The molecule has 0 N–H and O–H groups in total. The molecule has 174 valence electrons. The first-order valence-corrected chi connectivity index (χ1v) is 13.1. The summed E-state index contributed by atoms with van der Waals surface area (Å²) in [5, 5.41) is 3.98. The first kappa shape index (κ1) is 23.5. The van der Waals surface area contributed by atoms with Crippen molar-refractivity contribution in [2.45, 2.75) is 33.2 Å². The molecule has 1 atom stereocenters. The van der Waals surface area contributed by atoms with Crippen LogP contribution in [0.1, 0.15) is 45.6 Å². The molecule has 33 heavy (non-hydrogen) atoms. The van der Waals surface area contributed by atoms with Crippen LogP contribution in [-0.2, 0) is 11.2 Å². The highest BCUT2D eigenvalue weighted by Gasteiger charge is 2.34. The normalized spacial score (nSPS) is 15.4. The number of carbonyl (C=O) groups excluding carboxylic acids is 2. The lowest BCUT2D eigenvalue weighted by molar-refractivity contribution is -0.135. The van der Waals surface area contributed by atoms with Crippen LogP contribution in [0.4, 0.5) is 0 Å². The van der Waals surface area contributed by atoms with Crippen molar-refractivity contribution >= 4 is 34.5 Å². The lowest BCUT2D eigenvalue weighted by Gasteiger charge is -2.37. The number of carbonyl (C=O) groups is 2. The average Bonchev–Trinajstić information content (AvgIpc) is 3.49. The molecule has 5 nitrogen and oxygen atoms in total. The Morgan fingerprint density at radius 1 is 1.12 bits per heavy atom. The van der Waals surface area contributed by atoms with Gasteiger partial charge in [0, 0.05) is 18.0 Å². The second kappa shape index (κ2) is 10.5. The Morgan fingerprint density at radius 3 is 2.67 bits per heavy atom. The van der Waals surface area contributed by atoms with Gasteiger partial charge >= 0.3 is 0 Å². The molecule has 0 saturated heterocycles. The Hall–Kier alpha value is -2.64. The molecule has 0 spiro atoms. The van der Waals surface area contributed by atoms with E-state index in [2.05, 4.69) is 25.3 Å². The van der Waals surface area contributed by atoms with Gasteiger partial charge in [0.2, 0.25) is 5.91 Å². The van der Waals surface area contributed by atoms with Gasteiger partial charge in [-0.1, -0.05) is 38.1 Å². The van der Waals surface area contributed by atoms with E-state index >= 15 is 0 Å². The van der Waals surface area contributed by atoms with Crippen LogP contribution < -0.4 is 4.74 Å². The van der Waals surface area contributed by atoms with E-state index in [1.54, 1.807) is 16.2 Å². The van der Waals surface area contributed by atoms with Crippen molar-refractivity contribution in [2.24, 2.45) is 5.92 Å². The molecule has 0 radical (unpaired) electrons. The fraction of sp³-hybridized carbons (Fsp3) is 0.385. The first-order valence-electron chi connectivity index (χ1n) is 11.3. The number of ether oxygens (including phenoxy) is 1. The van der Waals surface area contributed by atoms with E-state index in [-0.39, 0.29) is 30.3 Å². The Balaban J connectivity index is 1.53. The largest absolute Gasteiger partial charge is 0.491 e. The fourth-order valence-electron chi connectivity index (χ4n) is 4.23. The van der Waals surface area contributed by atoms with Crippen LogP contribution in [0.25, 0.3) is 0 Å². The van der Waals surface area contributed by atoms with Crippen molar-refractivity contribution < 1.29 is 14.3 Å². The maximum absolute atomic E-state index is 13.6. The molecule has 7 heteroatoms. The SMILES string of the molecule is Cc1ccccc1OCC1c2ccsc2CCN1C(=O)CN(CC(C)C)C(=O)c1cccs1. The standard InChI is InChI=1S/C26H30N2O3S2/c1-18(2)15-27(26(30)24-9-6-13-32-24)16-25(29)28-12-10-23-20(11-14-33-23)21(28)17-31-22-8-5-4-7-19(22)3/h4-9,11,13-14,18,21H,10,12,15-17H2,1-3H3. The van der Waals surface area contributed by atoms with Crippen molar-refractivity contribution in [3.8, 4) is 5.75 Å². The first-order chi connectivity index (χ1) is 15.9. The van der Waals surface area contributed by atoms with Crippen LogP contribution in [-0.4, -0.2) is 47.9 Å². The summed E-state index contributed by atoms with van der Waals surface area (Å²) < 4.78 is 6.19. The second-order valence-electron chi connectivity index (χ2n) is 8.79. The lowest BCUT2D eigenvalue weighted by Crippen LogP contribution is -2.48. The third kappa shape index (κ3) is 5.47. The van der Waals surface area contributed by atoms with Crippen LogP contribution >= 0.6 is 22.7 Å². The van der Waals surface area contributed by atoms with E-state index in [4.69, 9.17) is 4.74 Å². The molecule has 1 unspecified atom stereocenters. The number of hydrogen-bond acceptors (Lipinski definition) is 5. The van der Waals surface area contributed by atoms with Gasteiger partial charge in [-0.3, -0.25) is 9.59 Å². The summed E-state index contributed by atoms with van der Waals surface area (Å²) in [5.74, 6) is 0.997. The number of para-hydroxylation sites is 1. The quantitative estimate of drug-likeness (QED) is 0.431. The summed E-state index contributed by atoms with van der Waals surface area (Å²) in [4.78, 5) is 32.2. The third-order valence-corrected chi connectivity index (χ3v) is 7.69. The topological polar surface area (TPSA) is 49.9 Å². The van der Waals surface area contributed by atoms with E-state index in [0.717, 1.165) is 23.3 Å². The molecule has 1 aliphatic rings. The molecular formula is C26H30N2O3S2. The summed E-state index contributed by atoms with van der Waals surface area (Å²) in [6.07, 6.45) is 0.836. The van der Waals surface area contributed by atoms with Crippen LogP contribution in [0.3, 0.4) is 0 Å². The summed E-state index contributed by atoms with van der Waals surface area (Å²) in [7, 11) is 0. The minimum atomic E-state index is -0.162. The zero-order valence-corrected chi connectivity index (χ0v) is 21.0. The number of hydrogen-bond donors (Lipinski definition) is 0. The smallest absolute Gasteiger partial charge is 0.264 e. The number of aryl methyl sites for hydroxylation is 1. The average molecular weight is 483 g/mol. The Bertz CT molecular complexity index is 1090. The van der Waals surface area contributed by atoms with Crippen LogP contribution in [0.2, 0.25) is 0 Å². The molecule has 3 aromatic rings. The molecular weight excluding hydrogens is 452 g/mol. The molecule has 2 amide bonds. The van der Waals surface area contributed by atoms with Crippen molar-refractivity contribution in [3.05, 3.63) is 74.1 Å². The van der Waals surface area contributed by atoms with E-state index in [1.165, 1.54) is 16.2 Å². The minimum absolute atomic E-state index is 0.0317. The van der Waals surface area contributed by atoms with Gasteiger partial charge < -0.3 is 14.5 Å². The fourth-order valence-corrected chi connectivity index (χ4v) is 5.85. The zero-order chi connectivity index (χ0) is 23.4. The number of fused-ring (bicyclic) bond motifs is 1. The number of rotatable bonds is 8. The highest BCUT2D eigenvalue weighted by molar-refractivity contribution is 7.12. The maximum atomic E-state index is 13.6. The molecule has 0 aliphatic carbocycles. The lowest BCUT2D eigenvalue weighted by atomic mass is 10.00. The Kier molecular flexibility index (Phi) is 7.50. The van der Waals surface area contributed by atoms with Crippen molar-refractivity contribution in [3.63, 3.8) is 0 Å². The molecule has 1 aromatic carbocycles. The van der Waals surface area contributed by atoms with Crippen LogP contribution in [0.15, 0.2) is 53.2 Å². The molecule has 3 heterocycles. The van der Waals surface area contributed by atoms with E-state index in [9.17, 15) is 9.59 Å². The van der Waals surface area contributed by atoms with Gasteiger partial charge in [0.15, 0.2) is 0 Å². The van der Waals surface area contributed by atoms with E-state index in [1.807, 2.05) is 53.6 Å². The zero-order valence-electron chi connectivity index (χ0n) is 19.3. The molecule has 0 saturated carbocycles. The van der Waals surface area contributed by atoms with Gasteiger partial charge in [-0.2, -0.15) is 0 Å². The summed E-state index contributed by atoms with van der Waals surface area (Å²) in [6, 6.07) is 13.6. The predicted molar refractivity (Wildman–Crippen MR) is 134 cm³/mol. The van der Waals surface area contributed by atoms with E-state index < -0.39 is 0 Å². The highest BCUT2D eigenvalue weighted by atomic mass is 32.1. The molecule has 0 bridgehead atoms. The number of amides is 2. The van der Waals surface area contributed by atoms with E-state index in [0.29, 0.717) is 24.6 Å². The van der Waals surface area contributed by atoms with Gasteiger partial charge in [-0.15, -0.1) is 22.7 Å². The summed E-state index contributed by atoms with van der Waals surface area (Å²) in [6.45, 7) is 7.81. The van der Waals surface area contributed by atoms with Gasteiger partial charge in [0.05, 0.1) is 10.9 Å². The maximum Gasteiger partial charge on any atom is 0.264 e. The highest BCUT2D eigenvalue weighted by Crippen LogP contribution is 2.34. The van der Waals surface area contributed by atoms with Crippen molar-refractivity contribution in [1.82, 2.24) is 9.80 Å². The number of nitrogens with zero attached hydrogens (tertiary/aromatic N) is 2. The summed E-state index contributed by atoms with van der Waals surface area (Å²) in [5.41, 5.74) is 2.23. The molecule has 0 fully saturated rings. The predicted octanol–water partition coefficient (Wildman–Crippen LogP) is 5.42. The molecule has 1 aliphatic heterocycles. The summed E-state index contributed by atoms with van der Waals surface area (Å²) >= 11 is 3.15. The van der Waals surface area contributed by atoms with Crippen molar-refractivity contribution in [2.75, 3.05) is 26.2 Å². The van der Waals surface area contributed by atoms with Gasteiger partial charge in [-0.05, 0) is 59.3 Å². The molecule has 2 aromatic heterocycles. The Labute approximate surface area is 203 Å². The van der Waals surface area contributed by atoms with Gasteiger partial charge in [-0.25, -0.2) is 0 Å². The monoisotopic (exact) mass is 482 g/mol.